The molecule has 0 aliphatic heterocycles. The molecule has 1 heterocycles. The fourth-order valence-electron chi connectivity index (χ4n) is 1.86. The van der Waals surface area contributed by atoms with Crippen LogP contribution in [-0.2, 0) is 0 Å². The van der Waals surface area contributed by atoms with Crippen molar-refractivity contribution in [3.63, 3.8) is 0 Å². The van der Waals surface area contributed by atoms with Gasteiger partial charge in [0.2, 0.25) is 0 Å². The van der Waals surface area contributed by atoms with Crippen molar-refractivity contribution in [2.24, 2.45) is 0 Å². The van der Waals surface area contributed by atoms with Gasteiger partial charge in [-0.15, -0.1) is 0 Å². The van der Waals surface area contributed by atoms with Gasteiger partial charge in [0.05, 0.1) is 11.7 Å². The van der Waals surface area contributed by atoms with E-state index in [1.54, 1.807) is 13.8 Å². The summed E-state index contributed by atoms with van der Waals surface area (Å²) in [6.07, 6.45) is 0.339. The first-order valence-electron chi connectivity index (χ1n) is 5.90. The summed E-state index contributed by atoms with van der Waals surface area (Å²) in [7, 11) is 0. The molecule has 0 aliphatic rings. The normalized spacial score (nSPS) is 14.6. The van der Waals surface area contributed by atoms with Gasteiger partial charge >= 0.3 is 0 Å². The molecule has 2 unspecified atom stereocenters. The Balaban J connectivity index is 2.75. The molecule has 0 aromatic carbocycles. The maximum Gasteiger partial charge on any atom is 0.255 e. The molecular formula is C12H21N3O2. The van der Waals surface area contributed by atoms with E-state index in [9.17, 15) is 4.79 Å². The summed E-state index contributed by atoms with van der Waals surface area (Å²) in [5, 5.41) is 12.4. The second-order valence-electron chi connectivity index (χ2n) is 4.46. The Hall–Kier alpha value is -1.20. The van der Waals surface area contributed by atoms with Gasteiger partial charge < -0.3 is 15.4 Å². The summed E-state index contributed by atoms with van der Waals surface area (Å²) >= 11 is 0. The number of aliphatic hydroxyl groups is 1. The minimum absolute atomic E-state index is 0.0643. The number of nitrogens with zero attached hydrogens (tertiary/aromatic N) is 1. The van der Waals surface area contributed by atoms with E-state index < -0.39 is 0 Å². The first kappa shape index (κ1) is 13.9. The molecule has 0 radical (unpaired) electrons. The van der Waals surface area contributed by atoms with Crippen LogP contribution >= 0.6 is 0 Å². The van der Waals surface area contributed by atoms with E-state index in [-0.39, 0.29) is 17.7 Å². The molecule has 1 aromatic heterocycles. The zero-order valence-corrected chi connectivity index (χ0v) is 10.9. The highest BCUT2D eigenvalue weighted by Gasteiger charge is 2.13. The number of aromatic nitrogens is 2. The van der Waals surface area contributed by atoms with E-state index in [0.29, 0.717) is 24.4 Å². The van der Waals surface area contributed by atoms with E-state index in [1.807, 2.05) is 13.8 Å². The van der Waals surface area contributed by atoms with Gasteiger partial charge in [-0.25, -0.2) is 4.98 Å². The van der Waals surface area contributed by atoms with E-state index in [0.717, 1.165) is 5.69 Å². The van der Waals surface area contributed by atoms with Crippen LogP contribution in [0, 0.1) is 13.8 Å². The molecule has 0 amide bonds. The van der Waals surface area contributed by atoms with Crippen molar-refractivity contribution in [3.8, 4) is 0 Å². The summed E-state index contributed by atoms with van der Waals surface area (Å²) in [6, 6.07) is -0.0643. The molecular weight excluding hydrogens is 218 g/mol. The van der Waals surface area contributed by atoms with Crippen molar-refractivity contribution in [2.45, 2.75) is 46.3 Å². The van der Waals surface area contributed by atoms with Crippen molar-refractivity contribution in [1.29, 1.82) is 0 Å². The van der Waals surface area contributed by atoms with Crippen molar-refractivity contribution in [1.82, 2.24) is 15.3 Å². The van der Waals surface area contributed by atoms with Gasteiger partial charge in [-0.3, -0.25) is 4.79 Å². The summed E-state index contributed by atoms with van der Waals surface area (Å²) in [6.45, 7) is 7.95. The zero-order valence-electron chi connectivity index (χ0n) is 10.9. The van der Waals surface area contributed by atoms with Crippen LogP contribution in [0.5, 0.6) is 0 Å². The molecule has 0 saturated heterocycles. The molecule has 0 saturated carbocycles. The molecule has 1 rings (SSSR count). The quantitative estimate of drug-likeness (QED) is 0.710. The SMILES string of the molecule is Cc1nc(C)c(C(C)NCCC(C)O)c(=O)[nH]1. The first-order chi connectivity index (χ1) is 7.91. The topological polar surface area (TPSA) is 78.0 Å². The van der Waals surface area contributed by atoms with Crippen LogP contribution < -0.4 is 10.9 Å². The smallest absolute Gasteiger partial charge is 0.255 e. The van der Waals surface area contributed by atoms with E-state index >= 15 is 0 Å². The highest BCUT2D eigenvalue weighted by molar-refractivity contribution is 5.19. The van der Waals surface area contributed by atoms with Gasteiger partial charge in [-0.05, 0) is 40.7 Å². The van der Waals surface area contributed by atoms with Crippen molar-refractivity contribution < 1.29 is 5.11 Å². The number of aliphatic hydroxyl groups excluding tert-OH is 1. The minimum atomic E-state index is -0.328. The average Bonchev–Trinajstić information content (AvgIpc) is 2.14. The highest BCUT2D eigenvalue weighted by Crippen LogP contribution is 2.10. The lowest BCUT2D eigenvalue weighted by molar-refractivity contribution is 0.182. The van der Waals surface area contributed by atoms with E-state index in [1.165, 1.54) is 0 Å². The van der Waals surface area contributed by atoms with E-state index in [2.05, 4.69) is 15.3 Å². The number of hydrogen-bond donors (Lipinski definition) is 3. The number of aromatic amines is 1. The van der Waals surface area contributed by atoms with E-state index in [4.69, 9.17) is 5.11 Å². The summed E-state index contributed by atoms with van der Waals surface area (Å²) in [5.41, 5.74) is 1.33. The standard InChI is InChI=1S/C12H21N3O2/c1-7(16)5-6-13-8(2)11-9(3)14-10(4)15-12(11)17/h7-8,13,16H,5-6H2,1-4H3,(H,14,15,17). The van der Waals surface area contributed by atoms with Gasteiger partial charge in [0.25, 0.3) is 5.56 Å². The Morgan fingerprint density at radius 3 is 2.59 bits per heavy atom. The fourth-order valence-corrected chi connectivity index (χ4v) is 1.86. The number of hydrogen-bond acceptors (Lipinski definition) is 4. The minimum Gasteiger partial charge on any atom is -0.393 e. The third-order valence-corrected chi connectivity index (χ3v) is 2.71. The third kappa shape index (κ3) is 3.94. The molecule has 2 atom stereocenters. The predicted molar refractivity (Wildman–Crippen MR) is 67.0 cm³/mol. The fraction of sp³-hybridized carbons (Fsp3) is 0.667. The first-order valence-corrected chi connectivity index (χ1v) is 5.90. The molecule has 1 aromatic rings. The molecule has 0 bridgehead atoms. The Labute approximate surface area is 101 Å². The van der Waals surface area contributed by atoms with Crippen LogP contribution in [0.15, 0.2) is 4.79 Å². The van der Waals surface area contributed by atoms with Gasteiger partial charge in [-0.1, -0.05) is 0 Å². The van der Waals surface area contributed by atoms with Crippen LogP contribution in [-0.4, -0.2) is 27.7 Å². The van der Waals surface area contributed by atoms with Crippen molar-refractivity contribution in [3.05, 3.63) is 27.4 Å². The maximum atomic E-state index is 11.8. The third-order valence-electron chi connectivity index (χ3n) is 2.71. The summed E-state index contributed by atoms with van der Waals surface area (Å²) in [4.78, 5) is 18.8. The van der Waals surface area contributed by atoms with Crippen LogP contribution in [0.1, 0.15) is 43.4 Å². The molecule has 0 spiro atoms. The Kier molecular flexibility index (Phi) is 4.84. The average molecular weight is 239 g/mol. The highest BCUT2D eigenvalue weighted by atomic mass is 16.3. The van der Waals surface area contributed by atoms with Crippen molar-refractivity contribution >= 4 is 0 Å². The lowest BCUT2D eigenvalue weighted by atomic mass is 10.1. The molecule has 17 heavy (non-hydrogen) atoms. The molecule has 3 N–H and O–H groups in total. The lowest BCUT2D eigenvalue weighted by Gasteiger charge is -2.15. The second-order valence-corrected chi connectivity index (χ2v) is 4.46. The molecule has 5 heteroatoms. The number of nitrogens with one attached hydrogen (secondary N) is 2. The number of H-pyrrole nitrogens is 1. The molecule has 5 nitrogen and oxygen atoms in total. The summed E-state index contributed by atoms with van der Waals surface area (Å²) < 4.78 is 0. The summed E-state index contributed by atoms with van der Waals surface area (Å²) in [5.74, 6) is 0.632. The van der Waals surface area contributed by atoms with Gasteiger partial charge in [0, 0.05) is 11.7 Å². The molecule has 0 fully saturated rings. The van der Waals surface area contributed by atoms with Crippen LogP contribution in [0.2, 0.25) is 0 Å². The van der Waals surface area contributed by atoms with Crippen LogP contribution in [0.25, 0.3) is 0 Å². The largest absolute Gasteiger partial charge is 0.393 e. The van der Waals surface area contributed by atoms with Crippen LogP contribution in [0.4, 0.5) is 0 Å². The lowest BCUT2D eigenvalue weighted by Crippen LogP contribution is -2.29. The predicted octanol–water partition coefficient (Wildman–Crippen LogP) is 0.808. The second kappa shape index (κ2) is 5.93. The Bertz CT molecular complexity index is 426. The van der Waals surface area contributed by atoms with Crippen molar-refractivity contribution in [2.75, 3.05) is 6.54 Å². The Morgan fingerprint density at radius 2 is 2.06 bits per heavy atom. The number of aryl methyl sites for hydroxylation is 2. The molecule has 96 valence electrons. The molecule has 0 aliphatic carbocycles. The number of rotatable bonds is 5. The van der Waals surface area contributed by atoms with Gasteiger partial charge in [0.15, 0.2) is 0 Å². The monoisotopic (exact) mass is 239 g/mol. The Morgan fingerprint density at radius 1 is 1.41 bits per heavy atom. The van der Waals surface area contributed by atoms with Gasteiger partial charge in [-0.2, -0.15) is 0 Å². The maximum absolute atomic E-state index is 11.8. The van der Waals surface area contributed by atoms with Crippen LogP contribution in [0.3, 0.4) is 0 Å². The zero-order chi connectivity index (χ0) is 13.0. The van der Waals surface area contributed by atoms with Gasteiger partial charge in [0.1, 0.15) is 5.82 Å².